The number of fused-ring (bicyclic) bond motifs is 4. The third-order valence-corrected chi connectivity index (χ3v) is 6.23. The van der Waals surface area contributed by atoms with E-state index in [0.717, 1.165) is 23.7 Å². The molecule has 0 unspecified atom stereocenters. The Balaban J connectivity index is 1.60. The second-order valence-electron chi connectivity index (χ2n) is 7.78. The van der Waals surface area contributed by atoms with Crippen molar-refractivity contribution in [3.05, 3.63) is 53.7 Å². The normalized spacial score (nSPS) is 23.3. The summed E-state index contributed by atoms with van der Waals surface area (Å²) in [6.45, 7) is 3.50. The Morgan fingerprint density at radius 3 is 2.81 bits per heavy atom. The van der Waals surface area contributed by atoms with Crippen molar-refractivity contribution in [1.29, 1.82) is 0 Å². The topological polar surface area (TPSA) is 46.5 Å². The molecule has 1 amide bonds. The maximum Gasteiger partial charge on any atom is 0.262 e. The summed E-state index contributed by atoms with van der Waals surface area (Å²) in [7, 11) is 0. The fraction of sp³-hybridized carbons (Fsp3) is 0.318. The molecule has 0 atom stereocenters. The predicted molar refractivity (Wildman–Crippen MR) is 105 cm³/mol. The van der Waals surface area contributed by atoms with Crippen LogP contribution in [0, 0.1) is 0 Å². The van der Waals surface area contributed by atoms with Crippen LogP contribution in [0.1, 0.15) is 30.0 Å². The molecule has 7 rings (SSSR count). The second-order valence-corrected chi connectivity index (χ2v) is 7.78. The maximum atomic E-state index is 11.6. The number of rotatable bonds is 1. The summed E-state index contributed by atoms with van der Waals surface area (Å²) >= 11 is 0. The smallest absolute Gasteiger partial charge is 0.262 e. The largest absolute Gasteiger partial charge is 0.482 e. The van der Waals surface area contributed by atoms with Gasteiger partial charge in [-0.1, -0.05) is 18.2 Å². The molecule has 0 spiro atoms. The minimum absolute atomic E-state index is 0.0819. The van der Waals surface area contributed by atoms with Crippen molar-refractivity contribution >= 4 is 22.5 Å². The zero-order valence-corrected chi connectivity index (χ0v) is 15.1. The number of hydrogen-bond acceptors (Lipinski definition) is 3. The molecule has 0 radical (unpaired) electrons. The molecule has 5 heteroatoms. The van der Waals surface area contributed by atoms with Crippen LogP contribution in [-0.2, 0) is 11.3 Å². The van der Waals surface area contributed by atoms with Crippen LogP contribution in [0.5, 0.6) is 5.75 Å². The first-order valence-corrected chi connectivity index (χ1v) is 9.69. The molecule has 1 aromatic heterocycles. The van der Waals surface area contributed by atoms with E-state index in [1.54, 1.807) is 0 Å². The first-order chi connectivity index (χ1) is 13.3. The van der Waals surface area contributed by atoms with Gasteiger partial charge in [-0.15, -0.1) is 0 Å². The third-order valence-electron chi connectivity index (χ3n) is 6.23. The molecule has 4 aliphatic rings. The summed E-state index contributed by atoms with van der Waals surface area (Å²) in [5.41, 5.74) is 6.08. The molecule has 1 fully saturated rings. The van der Waals surface area contributed by atoms with E-state index in [1.807, 2.05) is 6.07 Å². The zero-order chi connectivity index (χ0) is 18.0. The van der Waals surface area contributed by atoms with Crippen LogP contribution in [0.3, 0.4) is 0 Å². The van der Waals surface area contributed by atoms with Gasteiger partial charge < -0.3 is 14.6 Å². The standard InChI is InChI=1S/C22H21N3O2/c26-21-13-27-20-11-15(5-6-18(20)23-21)25-19-4-2-1-3-16(19)17-12-24-9-7-14(8-10-24)22(17)25/h1-6,11,14H,7-10,12-13H2,(H,23,26). The highest BCUT2D eigenvalue weighted by Crippen LogP contribution is 2.43. The first kappa shape index (κ1) is 15.3. The molecule has 4 aliphatic heterocycles. The van der Waals surface area contributed by atoms with Gasteiger partial charge in [0.1, 0.15) is 5.75 Å². The van der Waals surface area contributed by atoms with E-state index in [0.29, 0.717) is 5.92 Å². The van der Waals surface area contributed by atoms with Crippen molar-refractivity contribution < 1.29 is 9.53 Å². The Morgan fingerprint density at radius 1 is 1.07 bits per heavy atom. The van der Waals surface area contributed by atoms with Crippen LogP contribution in [0.15, 0.2) is 42.5 Å². The van der Waals surface area contributed by atoms with Gasteiger partial charge in [0.2, 0.25) is 0 Å². The lowest BCUT2D eigenvalue weighted by atomic mass is 9.94. The van der Waals surface area contributed by atoms with Gasteiger partial charge in [-0.05, 0) is 49.7 Å². The molecule has 27 heavy (non-hydrogen) atoms. The second kappa shape index (κ2) is 5.60. The number of ether oxygens (including phenoxy) is 1. The molecule has 0 aliphatic carbocycles. The predicted octanol–water partition coefficient (Wildman–Crippen LogP) is 3.65. The van der Waals surface area contributed by atoms with Gasteiger partial charge in [0, 0.05) is 35.3 Å². The van der Waals surface area contributed by atoms with Crippen LogP contribution in [0.2, 0.25) is 0 Å². The average molecular weight is 359 g/mol. The van der Waals surface area contributed by atoms with E-state index in [2.05, 4.69) is 51.2 Å². The van der Waals surface area contributed by atoms with Gasteiger partial charge in [0.15, 0.2) is 6.61 Å². The lowest BCUT2D eigenvalue weighted by Gasteiger charge is -2.28. The molecule has 1 saturated heterocycles. The number of aromatic nitrogens is 1. The van der Waals surface area contributed by atoms with Crippen molar-refractivity contribution in [3.63, 3.8) is 0 Å². The SMILES string of the molecule is O=C1COc2cc(-n3c4c(c5ccccc53)CN3CCC4CC3)ccc2N1. The van der Waals surface area contributed by atoms with Crippen LogP contribution >= 0.6 is 0 Å². The fourth-order valence-corrected chi connectivity index (χ4v) is 4.99. The molecule has 5 nitrogen and oxygen atoms in total. The van der Waals surface area contributed by atoms with E-state index in [9.17, 15) is 4.79 Å². The molecule has 2 aromatic carbocycles. The quantitative estimate of drug-likeness (QED) is 0.721. The van der Waals surface area contributed by atoms with E-state index in [1.165, 1.54) is 48.1 Å². The number of anilines is 1. The van der Waals surface area contributed by atoms with Gasteiger partial charge in [-0.2, -0.15) is 0 Å². The zero-order valence-electron chi connectivity index (χ0n) is 15.1. The molecule has 2 bridgehead atoms. The van der Waals surface area contributed by atoms with E-state index in [-0.39, 0.29) is 12.5 Å². The highest BCUT2D eigenvalue weighted by molar-refractivity contribution is 5.96. The van der Waals surface area contributed by atoms with Crippen molar-refractivity contribution in [2.24, 2.45) is 0 Å². The minimum Gasteiger partial charge on any atom is -0.482 e. The lowest BCUT2D eigenvalue weighted by molar-refractivity contribution is -0.118. The van der Waals surface area contributed by atoms with Gasteiger partial charge in [-0.3, -0.25) is 9.69 Å². The van der Waals surface area contributed by atoms with Gasteiger partial charge in [0.25, 0.3) is 5.91 Å². The molecule has 136 valence electrons. The van der Waals surface area contributed by atoms with Gasteiger partial charge in [0.05, 0.1) is 11.2 Å². The average Bonchev–Trinajstić information content (AvgIpc) is 2.81. The number of nitrogens with zero attached hydrogens (tertiary/aromatic N) is 2. The Kier molecular flexibility index (Phi) is 3.17. The van der Waals surface area contributed by atoms with Crippen molar-refractivity contribution in [2.45, 2.75) is 25.3 Å². The number of hydrogen-bond donors (Lipinski definition) is 1. The summed E-state index contributed by atoms with van der Waals surface area (Å²) < 4.78 is 8.12. The number of carbonyl (C=O) groups is 1. The first-order valence-electron chi connectivity index (χ1n) is 9.69. The lowest BCUT2D eigenvalue weighted by Crippen LogP contribution is -2.29. The summed E-state index contributed by atoms with van der Waals surface area (Å²) in [5, 5.41) is 4.25. The number of carbonyl (C=O) groups excluding carboxylic acids is 1. The third kappa shape index (κ3) is 2.24. The summed E-state index contributed by atoms with van der Waals surface area (Å²) in [4.78, 5) is 14.2. The highest BCUT2D eigenvalue weighted by Gasteiger charge is 2.33. The summed E-state index contributed by atoms with van der Waals surface area (Å²) in [6, 6.07) is 14.9. The Hall–Kier alpha value is -2.79. The monoisotopic (exact) mass is 359 g/mol. The number of nitrogens with one attached hydrogen (secondary N) is 1. The van der Waals surface area contributed by atoms with Crippen molar-refractivity contribution in [2.75, 3.05) is 25.0 Å². The van der Waals surface area contributed by atoms with Crippen molar-refractivity contribution in [3.8, 4) is 11.4 Å². The van der Waals surface area contributed by atoms with Gasteiger partial charge >= 0.3 is 0 Å². The highest BCUT2D eigenvalue weighted by atomic mass is 16.5. The Bertz CT molecular complexity index is 1080. The molecule has 3 aromatic rings. The van der Waals surface area contributed by atoms with Crippen LogP contribution < -0.4 is 10.1 Å². The van der Waals surface area contributed by atoms with Crippen molar-refractivity contribution in [1.82, 2.24) is 9.47 Å². The minimum atomic E-state index is -0.0958. The maximum absolute atomic E-state index is 11.6. The number of piperidine rings is 1. The molecule has 0 saturated carbocycles. The molecular weight excluding hydrogens is 338 g/mol. The van der Waals surface area contributed by atoms with E-state index < -0.39 is 0 Å². The summed E-state index contributed by atoms with van der Waals surface area (Å²) in [5.74, 6) is 1.25. The molecular formula is C22H21N3O2. The van der Waals surface area contributed by atoms with E-state index >= 15 is 0 Å². The Labute approximate surface area is 157 Å². The number of amides is 1. The van der Waals surface area contributed by atoms with Crippen LogP contribution in [0.25, 0.3) is 16.6 Å². The number of benzene rings is 2. The van der Waals surface area contributed by atoms with Gasteiger partial charge in [-0.25, -0.2) is 0 Å². The fourth-order valence-electron chi connectivity index (χ4n) is 4.99. The molecule has 1 N–H and O–H groups in total. The summed E-state index contributed by atoms with van der Waals surface area (Å²) in [6.07, 6.45) is 2.45. The Morgan fingerprint density at radius 2 is 1.93 bits per heavy atom. The van der Waals surface area contributed by atoms with Crippen LogP contribution in [0.4, 0.5) is 5.69 Å². The number of para-hydroxylation sites is 1. The molecule has 5 heterocycles. The van der Waals surface area contributed by atoms with Crippen LogP contribution in [-0.4, -0.2) is 35.1 Å². The van der Waals surface area contributed by atoms with E-state index in [4.69, 9.17) is 4.74 Å².